The normalized spacial score (nSPS) is 28.3. The van der Waals surface area contributed by atoms with E-state index in [0.29, 0.717) is 19.1 Å². The van der Waals surface area contributed by atoms with Crippen LogP contribution in [0, 0.1) is 11.8 Å². The van der Waals surface area contributed by atoms with Gasteiger partial charge in [-0.15, -0.1) is 0 Å². The standard InChI is InChI=1S/C15H26O3Si/c1-15(2,3)19(4,5)18-10-13-12-6-7-17-9-11(12)8-14(13)16/h8,12-13H,6-7,9-10H2,1-5H3/t12-,13+/m0/s1. The maximum absolute atomic E-state index is 12.1. The van der Waals surface area contributed by atoms with Crippen molar-refractivity contribution >= 4 is 14.1 Å². The zero-order chi connectivity index (χ0) is 14.3. The van der Waals surface area contributed by atoms with E-state index in [1.165, 1.54) is 5.57 Å². The smallest absolute Gasteiger partial charge is 0.192 e. The van der Waals surface area contributed by atoms with Crippen LogP contribution in [0.15, 0.2) is 11.6 Å². The minimum absolute atomic E-state index is 0.0352. The third kappa shape index (κ3) is 3.01. The van der Waals surface area contributed by atoms with E-state index in [-0.39, 0.29) is 16.7 Å². The minimum Gasteiger partial charge on any atom is -0.416 e. The molecule has 1 heterocycles. The van der Waals surface area contributed by atoms with E-state index >= 15 is 0 Å². The number of hydrogen-bond donors (Lipinski definition) is 0. The van der Waals surface area contributed by atoms with Crippen molar-refractivity contribution < 1.29 is 14.0 Å². The lowest BCUT2D eigenvalue weighted by Gasteiger charge is -2.37. The Balaban J connectivity index is 1.99. The van der Waals surface area contributed by atoms with Gasteiger partial charge in [0.15, 0.2) is 14.1 Å². The van der Waals surface area contributed by atoms with Gasteiger partial charge < -0.3 is 9.16 Å². The first kappa shape index (κ1) is 14.9. The van der Waals surface area contributed by atoms with Crippen LogP contribution in [-0.2, 0) is 14.0 Å². The van der Waals surface area contributed by atoms with Gasteiger partial charge in [-0.2, -0.15) is 0 Å². The number of fused-ring (bicyclic) bond motifs is 1. The molecule has 0 aromatic heterocycles. The predicted octanol–water partition coefficient (Wildman–Crippen LogP) is 3.17. The van der Waals surface area contributed by atoms with Crippen molar-refractivity contribution in [1.29, 1.82) is 0 Å². The fourth-order valence-electron chi connectivity index (χ4n) is 2.50. The molecule has 2 atom stereocenters. The summed E-state index contributed by atoms with van der Waals surface area (Å²) < 4.78 is 11.7. The van der Waals surface area contributed by atoms with Crippen molar-refractivity contribution in [3.05, 3.63) is 11.6 Å². The number of ether oxygens (including phenoxy) is 1. The van der Waals surface area contributed by atoms with Gasteiger partial charge in [-0.3, -0.25) is 4.79 Å². The SMILES string of the molecule is CC(C)(C)[Si](C)(C)OC[C@H]1C(=O)C=C2COCC[C@@H]21. The van der Waals surface area contributed by atoms with E-state index in [2.05, 4.69) is 33.9 Å². The van der Waals surface area contributed by atoms with Gasteiger partial charge in [-0.1, -0.05) is 20.8 Å². The number of allylic oxidation sites excluding steroid dienone is 1. The number of carbonyl (C=O) groups excluding carboxylic acids is 1. The van der Waals surface area contributed by atoms with E-state index in [4.69, 9.17) is 9.16 Å². The van der Waals surface area contributed by atoms with Crippen LogP contribution in [0.4, 0.5) is 0 Å². The van der Waals surface area contributed by atoms with Crippen molar-refractivity contribution in [1.82, 2.24) is 0 Å². The molecule has 2 rings (SSSR count). The second-order valence-electron chi connectivity index (χ2n) is 7.25. The Morgan fingerprint density at radius 3 is 2.74 bits per heavy atom. The van der Waals surface area contributed by atoms with Gasteiger partial charge in [0.1, 0.15) is 0 Å². The molecule has 108 valence electrons. The fourth-order valence-corrected chi connectivity index (χ4v) is 3.53. The second kappa shape index (κ2) is 5.15. The quantitative estimate of drug-likeness (QED) is 0.746. The topological polar surface area (TPSA) is 35.5 Å². The molecule has 0 bridgehead atoms. The summed E-state index contributed by atoms with van der Waals surface area (Å²) >= 11 is 0. The Labute approximate surface area is 117 Å². The highest BCUT2D eigenvalue weighted by atomic mass is 28.4. The Bertz CT molecular complexity index is 393. The van der Waals surface area contributed by atoms with Gasteiger partial charge in [0.05, 0.1) is 12.5 Å². The van der Waals surface area contributed by atoms with Crippen molar-refractivity contribution in [2.24, 2.45) is 11.8 Å². The van der Waals surface area contributed by atoms with E-state index in [1.54, 1.807) is 6.08 Å². The highest BCUT2D eigenvalue weighted by Crippen LogP contribution is 2.39. The van der Waals surface area contributed by atoms with Crippen LogP contribution < -0.4 is 0 Å². The molecule has 3 nitrogen and oxygen atoms in total. The van der Waals surface area contributed by atoms with Crippen LogP contribution >= 0.6 is 0 Å². The molecule has 0 N–H and O–H groups in total. The van der Waals surface area contributed by atoms with Gasteiger partial charge in [-0.25, -0.2) is 0 Å². The molecule has 0 amide bonds. The van der Waals surface area contributed by atoms with Crippen LogP contribution in [0.1, 0.15) is 27.2 Å². The molecule has 0 spiro atoms. The number of rotatable bonds is 3. The van der Waals surface area contributed by atoms with Crippen LogP contribution in [-0.4, -0.2) is 33.9 Å². The first-order valence-electron chi connectivity index (χ1n) is 7.18. The highest BCUT2D eigenvalue weighted by molar-refractivity contribution is 6.74. The van der Waals surface area contributed by atoms with Gasteiger partial charge in [-0.05, 0) is 42.1 Å². The molecule has 0 unspecified atom stereocenters. The first-order chi connectivity index (χ1) is 8.72. The van der Waals surface area contributed by atoms with E-state index < -0.39 is 8.32 Å². The summed E-state index contributed by atoms with van der Waals surface area (Å²) in [5.41, 5.74) is 1.18. The summed E-state index contributed by atoms with van der Waals surface area (Å²) in [5, 5.41) is 0.195. The number of ketones is 1. The van der Waals surface area contributed by atoms with Crippen LogP contribution in [0.5, 0.6) is 0 Å². The van der Waals surface area contributed by atoms with E-state index in [1.807, 2.05) is 0 Å². The molecule has 2 aliphatic rings. The molecule has 1 saturated heterocycles. The highest BCUT2D eigenvalue weighted by Gasteiger charge is 2.42. The average molecular weight is 282 g/mol. The summed E-state index contributed by atoms with van der Waals surface area (Å²) in [5.74, 6) is 0.642. The Kier molecular flexibility index (Phi) is 4.05. The lowest BCUT2D eigenvalue weighted by Crippen LogP contribution is -2.43. The first-order valence-corrected chi connectivity index (χ1v) is 10.1. The van der Waals surface area contributed by atoms with Gasteiger partial charge in [0.2, 0.25) is 0 Å². The molecule has 0 aromatic carbocycles. The van der Waals surface area contributed by atoms with Gasteiger partial charge in [0, 0.05) is 13.2 Å². The van der Waals surface area contributed by atoms with Gasteiger partial charge >= 0.3 is 0 Å². The predicted molar refractivity (Wildman–Crippen MR) is 78.7 cm³/mol. The fraction of sp³-hybridized carbons (Fsp3) is 0.800. The lowest BCUT2D eigenvalue weighted by atomic mass is 9.88. The third-order valence-electron chi connectivity index (χ3n) is 4.93. The van der Waals surface area contributed by atoms with Crippen molar-refractivity contribution in [2.45, 2.75) is 45.3 Å². The number of carbonyl (C=O) groups is 1. The van der Waals surface area contributed by atoms with Gasteiger partial charge in [0.25, 0.3) is 0 Å². The third-order valence-corrected chi connectivity index (χ3v) is 9.43. The second-order valence-corrected chi connectivity index (χ2v) is 12.1. The van der Waals surface area contributed by atoms with Crippen molar-refractivity contribution in [3.63, 3.8) is 0 Å². The zero-order valence-corrected chi connectivity index (χ0v) is 13.8. The molecule has 1 fully saturated rings. The van der Waals surface area contributed by atoms with Crippen molar-refractivity contribution in [3.8, 4) is 0 Å². The summed E-state index contributed by atoms with van der Waals surface area (Å²) in [6, 6.07) is 0. The molecule has 1 aliphatic carbocycles. The summed E-state index contributed by atoms with van der Waals surface area (Å²) in [6.45, 7) is 13.2. The molecule has 1 aliphatic heterocycles. The van der Waals surface area contributed by atoms with Crippen LogP contribution in [0.2, 0.25) is 18.1 Å². The van der Waals surface area contributed by atoms with Crippen LogP contribution in [0.3, 0.4) is 0 Å². The molecule has 4 heteroatoms. The maximum atomic E-state index is 12.1. The molecule has 19 heavy (non-hydrogen) atoms. The molecular weight excluding hydrogens is 256 g/mol. The molecule has 0 aromatic rings. The Morgan fingerprint density at radius 1 is 1.42 bits per heavy atom. The molecule has 0 radical (unpaired) electrons. The Morgan fingerprint density at radius 2 is 2.11 bits per heavy atom. The summed E-state index contributed by atoms with van der Waals surface area (Å²) in [6.07, 6.45) is 2.76. The Hall–Kier alpha value is -0.453. The largest absolute Gasteiger partial charge is 0.416 e. The summed E-state index contributed by atoms with van der Waals surface area (Å²) in [7, 11) is -1.77. The summed E-state index contributed by atoms with van der Waals surface area (Å²) in [4.78, 5) is 12.1. The minimum atomic E-state index is -1.77. The monoisotopic (exact) mass is 282 g/mol. The van der Waals surface area contributed by atoms with E-state index in [9.17, 15) is 4.79 Å². The zero-order valence-electron chi connectivity index (χ0n) is 12.8. The van der Waals surface area contributed by atoms with Crippen LogP contribution in [0.25, 0.3) is 0 Å². The van der Waals surface area contributed by atoms with Crippen molar-refractivity contribution in [2.75, 3.05) is 19.8 Å². The molecule has 0 saturated carbocycles. The average Bonchev–Trinajstić information content (AvgIpc) is 2.60. The lowest BCUT2D eigenvalue weighted by molar-refractivity contribution is -0.119. The maximum Gasteiger partial charge on any atom is 0.192 e. The van der Waals surface area contributed by atoms with E-state index in [0.717, 1.165) is 13.0 Å². The molecular formula is C15H26O3Si. The number of hydrogen-bond acceptors (Lipinski definition) is 3.